The molecule has 0 N–H and O–H groups in total. The number of carbonyl (C=O) groups is 1. The first kappa shape index (κ1) is 30.0. The Balaban J connectivity index is 1.44. The van der Waals surface area contributed by atoms with Gasteiger partial charge in [-0.05, 0) is 37.3 Å². The van der Waals surface area contributed by atoms with Crippen LogP contribution in [0.4, 0.5) is 13.2 Å². The number of nitriles is 1. The summed E-state index contributed by atoms with van der Waals surface area (Å²) in [6, 6.07) is 9.24. The van der Waals surface area contributed by atoms with Gasteiger partial charge >= 0.3 is 5.97 Å². The second-order valence-electron chi connectivity index (χ2n) is 9.23. The summed E-state index contributed by atoms with van der Waals surface area (Å²) in [4.78, 5) is 16.2. The van der Waals surface area contributed by atoms with E-state index in [1.807, 2.05) is 6.07 Å². The van der Waals surface area contributed by atoms with Crippen molar-refractivity contribution in [3.05, 3.63) is 101 Å². The van der Waals surface area contributed by atoms with Gasteiger partial charge in [0.2, 0.25) is 0 Å². The van der Waals surface area contributed by atoms with Crippen molar-refractivity contribution in [1.82, 2.24) is 14.8 Å². The minimum Gasteiger partial charge on any atom is -0.451 e. The van der Waals surface area contributed by atoms with Crippen LogP contribution in [0.25, 0.3) is 6.08 Å². The van der Waals surface area contributed by atoms with Gasteiger partial charge in [0.15, 0.2) is 11.9 Å². The van der Waals surface area contributed by atoms with Crippen LogP contribution in [-0.4, -0.2) is 50.7 Å². The molecular weight excluding hydrogens is 557 g/mol. The molecule has 2 heterocycles. The Bertz CT molecular complexity index is 1450. The van der Waals surface area contributed by atoms with Crippen LogP contribution in [0.1, 0.15) is 30.5 Å². The predicted octanol–water partition coefficient (Wildman–Crippen LogP) is 5.16. The second kappa shape index (κ2) is 13.6. The SMILES string of the molecule is CC(=O)O[C@@](Cn1cncn1)(c1ccc(F)cc1F)[C@@H](C)S[C@H]1CO[C@H](C=CC=Cc2ccc(C#N)cc2F)OC1. The average Bonchev–Trinajstić information content (AvgIpc) is 3.45. The average molecular weight is 585 g/mol. The van der Waals surface area contributed by atoms with E-state index >= 15 is 4.39 Å². The minimum atomic E-state index is -1.55. The summed E-state index contributed by atoms with van der Waals surface area (Å²) in [7, 11) is 0. The molecule has 1 saturated heterocycles. The Morgan fingerprint density at radius 3 is 2.63 bits per heavy atom. The van der Waals surface area contributed by atoms with Gasteiger partial charge in [-0.3, -0.25) is 4.79 Å². The quantitative estimate of drug-likeness (QED) is 0.238. The van der Waals surface area contributed by atoms with Gasteiger partial charge in [-0.15, -0.1) is 11.8 Å². The fraction of sp³-hybridized carbons (Fsp3) is 0.310. The number of halogens is 3. The number of carbonyl (C=O) groups excluding carboxylic acids is 1. The van der Waals surface area contributed by atoms with E-state index in [1.54, 1.807) is 31.2 Å². The zero-order chi connectivity index (χ0) is 29.4. The lowest BCUT2D eigenvalue weighted by Gasteiger charge is -2.40. The largest absolute Gasteiger partial charge is 0.451 e. The number of thioether (sulfide) groups is 1. The molecule has 0 saturated carbocycles. The molecule has 1 aromatic heterocycles. The summed E-state index contributed by atoms with van der Waals surface area (Å²) in [6.45, 7) is 3.51. The summed E-state index contributed by atoms with van der Waals surface area (Å²) in [5, 5.41) is 12.2. The van der Waals surface area contributed by atoms with Crippen molar-refractivity contribution in [3.8, 4) is 6.07 Å². The Hall–Kier alpha value is -3.92. The fourth-order valence-electron chi connectivity index (χ4n) is 4.38. The molecule has 4 rings (SSSR count). The van der Waals surface area contributed by atoms with Crippen molar-refractivity contribution < 1.29 is 32.2 Å². The third-order valence-electron chi connectivity index (χ3n) is 6.31. The van der Waals surface area contributed by atoms with Gasteiger partial charge < -0.3 is 14.2 Å². The molecule has 0 aliphatic carbocycles. The Kier molecular flexibility index (Phi) is 9.99. The number of ether oxygens (including phenoxy) is 3. The Morgan fingerprint density at radius 2 is 2.00 bits per heavy atom. The number of esters is 1. The van der Waals surface area contributed by atoms with Crippen molar-refractivity contribution in [2.45, 2.75) is 42.8 Å². The first-order valence-electron chi connectivity index (χ1n) is 12.6. The Morgan fingerprint density at radius 1 is 1.22 bits per heavy atom. The number of allylic oxidation sites excluding steroid dienone is 2. The summed E-state index contributed by atoms with van der Waals surface area (Å²) >= 11 is 1.38. The van der Waals surface area contributed by atoms with E-state index in [0.717, 1.165) is 12.1 Å². The molecule has 1 aliphatic heterocycles. The molecule has 0 radical (unpaired) electrons. The molecular formula is C29H27F3N4O4S. The highest BCUT2D eigenvalue weighted by molar-refractivity contribution is 8.00. The first-order valence-corrected chi connectivity index (χ1v) is 13.5. The van der Waals surface area contributed by atoms with Crippen molar-refractivity contribution in [2.24, 2.45) is 0 Å². The van der Waals surface area contributed by atoms with Crippen LogP contribution >= 0.6 is 11.8 Å². The van der Waals surface area contributed by atoms with E-state index in [2.05, 4.69) is 10.1 Å². The van der Waals surface area contributed by atoms with Crippen LogP contribution in [0, 0.1) is 28.8 Å². The van der Waals surface area contributed by atoms with Crippen LogP contribution in [0.2, 0.25) is 0 Å². The fourth-order valence-corrected chi connectivity index (χ4v) is 5.74. The Labute approximate surface area is 239 Å². The highest BCUT2D eigenvalue weighted by Crippen LogP contribution is 2.42. The van der Waals surface area contributed by atoms with Crippen LogP contribution < -0.4 is 0 Å². The molecule has 0 spiro atoms. The standard InChI is InChI=1S/C29H27F3N4O4S/c1-19(29(40-20(2)37,16-36-18-34-17-35-36)25-10-9-23(30)12-27(25)32)41-24-14-38-28(39-15-24)6-4-3-5-22-8-7-21(13-33)11-26(22)31/h3-12,17-19,24,28H,14-16H2,1-2H3/t19-,24-,28-,29-/m1/s1. The van der Waals surface area contributed by atoms with Crippen LogP contribution in [-0.2, 0) is 31.2 Å². The molecule has 0 bridgehead atoms. The minimum absolute atomic E-state index is 0.00791. The van der Waals surface area contributed by atoms with Gasteiger partial charge in [-0.25, -0.2) is 22.8 Å². The highest BCUT2D eigenvalue weighted by atomic mass is 32.2. The smallest absolute Gasteiger partial charge is 0.303 e. The zero-order valence-electron chi connectivity index (χ0n) is 22.2. The molecule has 12 heteroatoms. The number of hydrogen-bond donors (Lipinski definition) is 0. The number of benzene rings is 2. The van der Waals surface area contributed by atoms with E-state index in [-0.39, 0.29) is 36.1 Å². The van der Waals surface area contributed by atoms with E-state index in [9.17, 15) is 13.6 Å². The number of rotatable bonds is 10. The van der Waals surface area contributed by atoms with E-state index in [4.69, 9.17) is 19.5 Å². The van der Waals surface area contributed by atoms with Gasteiger partial charge in [0.25, 0.3) is 0 Å². The van der Waals surface area contributed by atoms with Gasteiger partial charge in [-0.2, -0.15) is 10.4 Å². The number of aromatic nitrogens is 3. The van der Waals surface area contributed by atoms with Crippen molar-refractivity contribution >= 4 is 23.8 Å². The topological polar surface area (TPSA) is 99.3 Å². The lowest BCUT2D eigenvalue weighted by molar-refractivity contribution is -0.160. The van der Waals surface area contributed by atoms with Gasteiger partial charge in [0, 0.05) is 29.4 Å². The maximum Gasteiger partial charge on any atom is 0.303 e. The molecule has 8 nitrogen and oxygen atoms in total. The van der Waals surface area contributed by atoms with Crippen LogP contribution in [0.3, 0.4) is 0 Å². The molecule has 1 fully saturated rings. The zero-order valence-corrected chi connectivity index (χ0v) is 23.1. The molecule has 0 unspecified atom stereocenters. The van der Waals surface area contributed by atoms with Gasteiger partial charge in [0.1, 0.15) is 30.1 Å². The van der Waals surface area contributed by atoms with Gasteiger partial charge in [-0.1, -0.05) is 24.3 Å². The highest BCUT2D eigenvalue weighted by Gasteiger charge is 2.46. The molecule has 41 heavy (non-hydrogen) atoms. The van der Waals surface area contributed by atoms with Crippen molar-refractivity contribution in [2.75, 3.05) is 13.2 Å². The third-order valence-corrected chi connectivity index (χ3v) is 7.75. The van der Waals surface area contributed by atoms with Gasteiger partial charge in [0.05, 0.1) is 36.6 Å². The third kappa shape index (κ3) is 7.64. The van der Waals surface area contributed by atoms with Crippen LogP contribution in [0.15, 0.2) is 67.3 Å². The molecule has 3 aromatic rings. The molecule has 1 aliphatic rings. The van der Waals surface area contributed by atoms with Crippen LogP contribution in [0.5, 0.6) is 0 Å². The lowest BCUT2D eigenvalue weighted by Crippen LogP contribution is -2.47. The lowest BCUT2D eigenvalue weighted by atomic mass is 9.89. The number of hydrogen-bond acceptors (Lipinski definition) is 8. The molecule has 0 amide bonds. The first-order chi connectivity index (χ1) is 19.7. The molecule has 2 aromatic carbocycles. The predicted molar refractivity (Wildman–Crippen MR) is 146 cm³/mol. The van der Waals surface area contributed by atoms with E-state index in [1.165, 1.54) is 60.3 Å². The van der Waals surface area contributed by atoms with Crippen molar-refractivity contribution in [1.29, 1.82) is 5.26 Å². The second-order valence-corrected chi connectivity index (χ2v) is 10.9. The maximum absolute atomic E-state index is 15.1. The normalized spacial score (nSPS) is 19.6. The molecule has 2 atom stereocenters. The number of nitrogens with zero attached hydrogens (tertiary/aromatic N) is 4. The summed E-state index contributed by atoms with van der Waals surface area (Å²) < 4.78 is 61.8. The van der Waals surface area contributed by atoms with E-state index < -0.39 is 40.6 Å². The molecule has 214 valence electrons. The summed E-state index contributed by atoms with van der Waals surface area (Å²) in [5.41, 5.74) is -0.963. The van der Waals surface area contributed by atoms with E-state index in [0.29, 0.717) is 5.56 Å². The summed E-state index contributed by atoms with van der Waals surface area (Å²) in [5.74, 6) is -2.75. The summed E-state index contributed by atoms with van der Waals surface area (Å²) in [6.07, 6.45) is 8.63. The van der Waals surface area contributed by atoms with Crippen molar-refractivity contribution in [3.63, 3.8) is 0 Å². The monoisotopic (exact) mass is 584 g/mol. The maximum atomic E-state index is 15.1.